The zero-order chi connectivity index (χ0) is 28.3. The van der Waals surface area contributed by atoms with E-state index in [1.807, 2.05) is 42.5 Å². The number of nitrogens with one attached hydrogen (secondary N) is 4. The number of hydrogen-bond donors (Lipinski definition) is 4. The van der Waals surface area contributed by atoms with E-state index in [0.29, 0.717) is 5.02 Å². The molecule has 8 nitrogen and oxygen atoms in total. The van der Waals surface area contributed by atoms with E-state index in [2.05, 4.69) is 20.3 Å². The largest absolute Gasteiger partial charge is 0.383 e. The van der Waals surface area contributed by atoms with Gasteiger partial charge in [0.2, 0.25) is 15.5 Å². The molecule has 5 rings (SSSR count). The van der Waals surface area contributed by atoms with Crippen molar-refractivity contribution in [3.63, 3.8) is 0 Å². The normalized spacial score (nSPS) is 11.6. The lowest BCUT2D eigenvalue weighted by Crippen LogP contribution is -2.30. The first-order valence-corrected chi connectivity index (χ1v) is 14.2. The third kappa shape index (κ3) is 5.84. The number of halogens is 2. The van der Waals surface area contributed by atoms with Gasteiger partial charge in [-0.2, -0.15) is 0 Å². The lowest BCUT2D eigenvalue weighted by atomic mass is 10.1. The average molecular weight is 579 g/mol. The van der Waals surface area contributed by atoms with Crippen molar-refractivity contribution in [2.24, 2.45) is 0 Å². The third-order valence-corrected chi connectivity index (χ3v) is 8.08. The number of hydrogen-bond acceptors (Lipinski definition) is 5. The molecule has 0 unspecified atom stereocenters. The molecule has 0 bridgehead atoms. The van der Waals surface area contributed by atoms with Gasteiger partial charge in [0.25, 0.3) is 5.91 Å². The van der Waals surface area contributed by atoms with Gasteiger partial charge >= 0.3 is 0 Å². The van der Waals surface area contributed by atoms with Crippen LogP contribution in [0.15, 0.2) is 94.7 Å². The summed E-state index contributed by atoms with van der Waals surface area (Å²) >= 11 is 5.87. The van der Waals surface area contributed by atoms with Crippen LogP contribution in [-0.4, -0.2) is 32.4 Å². The van der Waals surface area contributed by atoms with E-state index in [4.69, 9.17) is 11.6 Å². The number of rotatable bonds is 9. The van der Waals surface area contributed by atoms with Crippen molar-refractivity contribution >= 4 is 54.9 Å². The number of sulfonamides is 1. The molecule has 1 heterocycles. The molecule has 204 valence electrons. The molecule has 5 aromatic rings. The van der Waals surface area contributed by atoms with Gasteiger partial charge in [-0.3, -0.25) is 9.59 Å². The summed E-state index contributed by atoms with van der Waals surface area (Å²) in [5.41, 5.74) is 0.434. The molecule has 0 aliphatic carbocycles. The number of aromatic nitrogens is 1. The fraction of sp³-hybridized carbons (Fsp3) is 0.103. The Hall–Kier alpha value is -4.25. The fourth-order valence-corrected chi connectivity index (χ4v) is 5.72. The minimum atomic E-state index is -4.22. The minimum Gasteiger partial charge on any atom is -0.383 e. The molecule has 0 spiro atoms. The Balaban J connectivity index is 1.32. The van der Waals surface area contributed by atoms with E-state index in [1.165, 1.54) is 0 Å². The molecule has 0 atom stereocenters. The monoisotopic (exact) mass is 578 g/mol. The summed E-state index contributed by atoms with van der Waals surface area (Å²) in [4.78, 5) is 28.1. The fourth-order valence-electron chi connectivity index (χ4n) is 4.37. The first-order chi connectivity index (χ1) is 19.2. The quantitative estimate of drug-likeness (QED) is 0.187. The van der Waals surface area contributed by atoms with Crippen molar-refractivity contribution in [2.45, 2.75) is 11.4 Å². The summed E-state index contributed by atoms with van der Waals surface area (Å²) in [6, 6.07) is 22.1. The van der Waals surface area contributed by atoms with Gasteiger partial charge in [-0.25, -0.2) is 17.5 Å². The maximum absolute atomic E-state index is 14.5. The molecule has 40 heavy (non-hydrogen) atoms. The maximum atomic E-state index is 14.5. The van der Waals surface area contributed by atoms with Gasteiger partial charge in [-0.05, 0) is 41.3 Å². The standard InChI is InChI=1S/C29H24ClFN4O4S/c30-20-10-8-18(9-11-20)16-34-29(37)24-17-33-27-23(28(24)36)14-21(31)15-26(27)40(38,39)35-13-12-32-25-7-3-5-19-4-1-2-6-22(19)25/h1-11,14-15,17,32,35H,12-13,16H2,(H,33,36)(H,34,37). The molecule has 1 aromatic heterocycles. The van der Waals surface area contributed by atoms with Gasteiger partial charge < -0.3 is 15.6 Å². The number of carbonyl (C=O) groups excluding carboxylic acids is 1. The van der Waals surface area contributed by atoms with E-state index < -0.39 is 32.1 Å². The second-order valence-corrected chi connectivity index (χ2v) is 11.2. The summed E-state index contributed by atoms with van der Waals surface area (Å²) in [5, 5.41) is 8.16. The molecule has 0 saturated heterocycles. The number of carbonyl (C=O) groups is 1. The van der Waals surface area contributed by atoms with Crippen molar-refractivity contribution in [3.8, 4) is 0 Å². The molecule has 4 N–H and O–H groups in total. The van der Waals surface area contributed by atoms with Crippen molar-refractivity contribution in [2.75, 3.05) is 18.4 Å². The average Bonchev–Trinajstić information content (AvgIpc) is 2.95. The number of aromatic amines is 1. The predicted molar refractivity (Wildman–Crippen MR) is 155 cm³/mol. The van der Waals surface area contributed by atoms with E-state index >= 15 is 0 Å². The number of amides is 1. The Labute approximate surface area is 234 Å². The van der Waals surface area contributed by atoms with Crippen LogP contribution in [0.5, 0.6) is 0 Å². The highest BCUT2D eigenvalue weighted by Crippen LogP contribution is 2.23. The van der Waals surface area contributed by atoms with Crippen LogP contribution in [0.2, 0.25) is 5.02 Å². The minimum absolute atomic E-state index is 0.00101. The second-order valence-electron chi connectivity index (χ2n) is 9.02. The predicted octanol–water partition coefficient (Wildman–Crippen LogP) is 4.79. The highest BCUT2D eigenvalue weighted by atomic mass is 35.5. The summed E-state index contributed by atoms with van der Waals surface area (Å²) < 4.78 is 43.2. The van der Waals surface area contributed by atoms with E-state index in [9.17, 15) is 22.4 Å². The Morgan fingerprint density at radius 2 is 1.68 bits per heavy atom. The lowest BCUT2D eigenvalue weighted by molar-refractivity contribution is 0.0949. The molecular formula is C29H24ClFN4O4S. The van der Waals surface area contributed by atoms with Gasteiger partial charge in [0.05, 0.1) is 10.9 Å². The van der Waals surface area contributed by atoms with E-state index in [0.717, 1.165) is 40.4 Å². The Kier molecular flexibility index (Phi) is 7.83. The molecular weight excluding hydrogens is 555 g/mol. The number of pyridine rings is 1. The summed E-state index contributed by atoms with van der Waals surface area (Å²) in [6.07, 6.45) is 1.13. The van der Waals surface area contributed by atoms with Crippen LogP contribution in [-0.2, 0) is 16.6 Å². The summed E-state index contributed by atoms with van der Waals surface area (Å²) in [7, 11) is -4.22. The molecule has 4 aromatic carbocycles. The highest BCUT2D eigenvalue weighted by Gasteiger charge is 2.22. The van der Waals surface area contributed by atoms with Gasteiger partial charge in [-0.15, -0.1) is 0 Å². The van der Waals surface area contributed by atoms with Crippen LogP contribution in [0.3, 0.4) is 0 Å². The summed E-state index contributed by atoms with van der Waals surface area (Å²) in [5.74, 6) is -1.62. The zero-order valence-electron chi connectivity index (χ0n) is 21.0. The lowest BCUT2D eigenvalue weighted by Gasteiger charge is -2.13. The molecule has 11 heteroatoms. The van der Waals surface area contributed by atoms with Crippen molar-refractivity contribution in [1.29, 1.82) is 0 Å². The third-order valence-electron chi connectivity index (χ3n) is 6.34. The molecule has 0 fully saturated rings. The van der Waals surface area contributed by atoms with Gasteiger partial charge in [-0.1, -0.05) is 60.1 Å². The van der Waals surface area contributed by atoms with Crippen molar-refractivity contribution in [3.05, 3.63) is 117 Å². The van der Waals surface area contributed by atoms with Crippen LogP contribution in [0.1, 0.15) is 15.9 Å². The van der Waals surface area contributed by atoms with Gasteiger partial charge in [0.1, 0.15) is 16.3 Å². The molecule has 0 aliphatic rings. The van der Waals surface area contributed by atoms with Gasteiger partial charge in [0.15, 0.2) is 0 Å². The Bertz CT molecular complexity index is 1890. The highest BCUT2D eigenvalue weighted by molar-refractivity contribution is 7.89. The van der Waals surface area contributed by atoms with Crippen LogP contribution in [0.4, 0.5) is 10.1 Å². The van der Waals surface area contributed by atoms with E-state index in [-0.39, 0.29) is 36.1 Å². The first kappa shape index (κ1) is 27.3. The van der Waals surface area contributed by atoms with Crippen LogP contribution >= 0.6 is 11.6 Å². The van der Waals surface area contributed by atoms with Crippen LogP contribution < -0.4 is 20.8 Å². The van der Waals surface area contributed by atoms with Gasteiger partial charge in [0, 0.05) is 41.9 Å². The number of fused-ring (bicyclic) bond motifs is 2. The molecule has 1 amide bonds. The molecule has 0 aliphatic heterocycles. The zero-order valence-corrected chi connectivity index (χ0v) is 22.6. The number of anilines is 1. The summed E-state index contributed by atoms with van der Waals surface area (Å²) in [6.45, 7) is 0.390. The Morgan fingerprint density at radius 3 is 2.48 bits per heavy atom. The molecule has 0 radical (unpaired) electrons. The number of H-pyrrole nitrogens is 1. The molecule has 0 saturated carbocycles. The van der Waals surface area contributed by atoms with Crippen molar-refractivity contribution in [1.82, 2.24) is 15.0 Å². The topological polar surface area (TPSA) is 120 Å². The number of benzene rings is 4. The van der Waals surface area contributed by atoms with Crippen LogP contribution in [0.25, 0.3) is 21.7 Å². The SMILES string of the molecule is O=C(NCc1ccc(Cl)cc1)c1c[nH]c2c(S(=O)(=O)NCCNc3cccc4ccccc34)cc(F)cc2c1=O. The van der Waals surface area contributed by atoms with Crippen LogP contribution in [0, 0.1) is 5.82 Å². The maximum Gasteiger partial charge on any atom is 0.257 e. The second kappa shape index (κ2) is 11.5. The Morgan fingerprint density at radius 1 is 0.925 bits per heavy atom. The smallest absolute Gasteiger partial charge is 0.257 e. The van der Waals surface area contributed by atoms with Crippen molar-refractivity contribution < 1.29 is 17.6 Å². The van der Waals surface area contributed by atoms with E-state index in [1.54, 1.807) is 24.3 Å². The first-order valence-electron chi connectivity index (χ1n) is 12.3.